The molecule has 5 amide bonds. The number of likely N-dealkylation sites (N-methyl/N-ethyl adjacent to an activating group) is 2. The molecule has 6 aromatic rings. The first kappa shape index (κ1) is 77.1. The number of ether oxygens (including phenoxy) is 3. The molecule has 3 aliphatic rings. The molecule has 0 saturated heterocycles. The summed E-state index contributed by atoms with van der Waals surface area (Å²) in [5.41, 5.74) is 13.6. The van der Waals surface area contributed by atoms with Crippen molar-refractivity contribution in [1.82, 2.24) is 25.8 Å². The third-order valence-electron chi connectivity index (χ3n) is 18.2. The van der Waals surface area contributed by atoms with Crippen LogP contribution in [0, 0.1) is 29.6 Å². The smallest absolute Gasteiger partial charge is 0.407 e. The van der Waals surface area contributed by atoms with E-state index in [9.17, 15) is 43.5 Å². The van der Waals surface area contributed by atoms with Gasteiger partial charge in [0.1, 0.15) is 37.9 Å². The number of carbonyl (C=O) groups excluding carboxylic acids is 6. The number of carboxylic acids is 2. The van der Waals surface area contributed by atoms with Crippen molar-refractivity contribution in [2.75, 3.05) is 33.9 Å². The summed E-state index contributed by atoms with van der Waals surface area (Å²) >= 11 is 0. The Morgan fingerprint density at radius 2 is 0.657 bits per heavy atom. The lowest BCUT2D eigenvalue weighted by molar-refractivity contribution is -0.142. The number of carboxylic acid groups (broad SMARTS) is 2. The summed E-state index contributed by atoms with van der Waals surface area (Å²) in [6.07, 6.45) is -0.801. The molecule has 0 unspecified atom stereocenters. The van der Waals surface area contributed by atoms with Gasteiger partial charge in [0.25, 0.3) is 5.97 Å². The van der Waals surface area contributed by atoms with Crippen LogP contribution >= 0.6 is 0 Å². The van der Waals surface area contributed by atoms with Gasteiger partial charge in [0.2, 0.25) is 20.1 Å². The fourth-order valence-corrected chi connectivity index (χ4v) is 14.0. The number of fused-ring (bicyclic) bond motifs is 9. The Hall–Kier alpha value is -9.30. The van der Waals surface area contributed by atoms with E-state index in [-0.39, 0.29) is 104 Å². The van der Waals surface area contributed by atoms with E-state index in [4.69, 9.17) is 23.7 Å². The van der Waals surface area contributed by atoms with Crippen LogP contribution in [0.5, 0.6) is 0 Å². The van der Waals surface area contributed by atoms with Crippen LogP contribution in [0.25, 0.3) is 33.4 Å². The largest absolute Gasteiger partial charge is 0.520 e. The summed E-state index contributed by atoms with van der Waals surface area (Å²) in [5.74, 6) is -3.15. The van der Waals surface area contributed by atoms with Crippen molar-refractivity contribution in [2.45, 2.75) is 163 Å². The Morgan fingerprint density at radius 3 is 0.889 bits per heavy atom. The van der Waals surface area contributed by atoms with Crippen molar-refractivity contribution in [2.24, 2.45) is 29.6 Å². The van der Waals surface area contributed by atoms with Gasteiger partial charge in [0.05, 0.1) is 12.8 Å². The molecule has 0 bridgehead atoms. The molecule has 9 rings (SSSR count). The Balaban J connectivity index is 0.000000213. The van der Waals surface area contributed by atoms with Crippen molar-refractivity contribution in [1.29, 1.82) is 0 Å². The zero-order valence-electron chi connectivity index (χ0n) is 60.0. The van der Waals surface area contributed by atoms with E-state index < -0.39 is 62.7 Å². The number of amides is 5. The molecule has 530 valence electrons. The number of alkyl carbamates (subject to hydrolysis) is 3. The van der Waals surface area contributed by atoms with Gasteiger partial charge in [0.15, 0.2) is 0 Å². The number of benzene rings is 6. The predicted octanol–water partition coefficient (Wildman–Crippen LogP) is 14.7. The van der Waals surface area contributed by atoms with Gasteiger partial charge in [-0.3, -0.25) is 19.2 Å². The number of rotatable bonds is 26. The van der Waals surface area contributed by atoms with Crippen LogP contribution in [0.1, 0.15) is 146 Å². The van der Waals surface area contributed by atoms with Gasteiger partial charge in [0, 0.05) is 43.9 Å². The second-order valence-corrected chi connectivity index (χ2v) is 33.2. The second kappa shape index (κ2) is 35.0. The van der Waals surface area contributed by atoms with E-state index in [2.05, 4.69) is 78.3 Å². The molecule has 5 N–H and O–H groups in total. The molecule has 5 atom stereocenters. The van der Waals surface area contributed by atoms with E-state index >= 15 is 0 Å². The molecule has 0 aromatic heterocycles. The zero-order valence-corrected chi connectivity index (χ0v) is 61.0. The molecular formula is C79H101N5O14Si. The van der Waals surface area contributed by atoms with E-state index in [1.165, 1.54) is 4.90 Å². The molecule has 99 heavy (non-hydrogen) atoms. The highest BCUT2D eigenvalue weighted by Gasteiger charge is 2.38. The first-order valence-electron chi connectivity index (χ1n) is 34.4. The minimum Gasteiger partial charge on any atom is -0.520 e. The number of nitrogens with one attached hydrogen (secondary N) is 3. The zero-order chi connectivity index (χ0) is 72.6. The molecular weight excluding hydrogens is 1270 g/mol. The molecule has 0 saturated carbocycles. The van der Waals surface area contributed by atoms with Crippen LogP contribution in [-0.4, -0.2) is 140 Å². The van der Waals surface area contributed by atoms with Gasteiger partial charge in [-0.05, 0) is 129 Å². The summed E-state index contributed by atoms with van der Waals surface area (Å²) < 4.78 is 22.3. The van der Waals surface area contributed by atoms with Gasteiger partial charge >= 0.3 is 30.2 Å². The molecule has 0 spiro atoms. The van der Waals surface area contributed by atoms with Crippen LogP contribution in [0.2, 0.25) is 19.6 Å². The van der Waals surface area contributed by atoms with Crippen LogP contribution in [-0.2, 0) is 42.6 Å². The van der Waals surface area contributed by atoms with E-state index in [0.717, 1.165) is 66.8 Å². The topological polar surface area (TPSA) is 257 Å². The summed E-state index contributed by atoms with van der Waals surface area (Å²) in [5, 5.41) is 26.4. The molecule has 6 aromatic carbocycles. The average Bonchev–Trinajstić information content (AvgIpc) is 1.63. The molecule has 19 nitrogen and oxygen atoms in total. The first-order valence-corrected chi connectivity index (χ1v) is 37.8. The summed E-state index contributed by atoms with van der Waals surface area (Å²) in [4.78, 5) is 103. The third-order valence-corrected chi connectivity index (χ3v) is 19.0. The SMILES string of the molecule is CC(C)C[C@@H](CC(=O)O)N(C)C(=O)[C@@H](NC(=O)OCC1c2ccccc2-c2ccccc21)C(C)C.CC(C)C[C@@H](CC(=O)O[Si](C)(C)C)N(C)C(=O)[C@@H](NC(=O)OCC1c2ccccc2-c2ccccc21)C(C)C.CC(C)[C@H](NC(=O)OCC1c2ccccc2-c2ccccc21)C(=O)O. The summed E-state index contributed by atoms with van der Waals surface area (Å²) in [6.45, 7) is 25.4. The Kier molecular flexibility index (Phi) is 27.2. The molecule has 0 radical (unpaired) electrons. The van der Waals surface area contributed by atoms with Gasteiger partial charge in [-0.25, -0.2) is 19.2 Å². The number of hydrogen-bond acceptors (Lipinski definition) is 12. The molecule has 0 heterocycles. The van der Waals surface area contributed by atoms with E-state index in [1.54, 1.807) is 32.8 Å². The molecule has 0 fully saturated rings. The van der Waals surface area contributed by atoms with Crippen molar-refractivity contribution < 1.29 is 67.2 Å². The lowest BCUT2D eigenvalue weighted by Crippen LogP contribution is -2.53. The van der Waals surface area contributed by atoms with Gasteiger partial charge < -0.3 is 54.6 Å². The Bertz CT molecular complexity index is 3670. The highest BCUT2D eigenvalue weighted by molar-refractivity contribution is 6.71. The fourth-order valence-electron chi connectivity index (χ4n) is 13.3. The Labute approximate surface area is 584 Å². The van der Waals surface area contributed by atoms with Crippen molar-refractivity contribution >= 4 is 56.3 Å². The minimum absolute atomic E-state index is 0.0412. The number of nitrogens with zero attached hydrogens (tertiary/aromatic N) is 2. The first-order chi connectivity index (χ1) is 46.9. The van der Waals surface area contributed by atoms with Gasteiger partial charge in [-0.15, -0.1) is 0 Å². The Morgan fingerprint density at radius 1 is 0.404 bits per heavy atom. The fraction of sp³-hybridized carbons (Fsp3) is 0.443. The summed E-state index contributed by atoms with van der Waals surface area (Å²) in [7, 11) is 1.26. The van der Waals surface area contributed by atoms with E-state index in [0.29, 0.717) is 12.8 Å². The average molecular weight is 1370 g/mol. The van der Waals surface area contributed by atoms with E-state index in [1.807, 2.05) is 158 Å². The molecule has 3 aliphatic carbocycles. The highest BCUT2D eigenvalue weighted by Crippen LogP contribution is 2.47. The maximum Gasteiger partial charge on any atom is 0.407 e. The predicted molar refractivity (Wildman–Crippen MR) is 386 cm³/mol. The normalized spacial score (nSPS) is 14.2. The number of aliphatic carboxylic acids is 2. The molecule has 0 aliphatic heterocycles. The highest BCUT2D eigenvalue weighted by atomic mass is 28.4. The summed E-state index contributed by atoms with van der Waals surface area (Å²) in [6, 6.07) is 45.3. The second-order valence-electron chi connectivity index (χ2n) is 28.8. The van der Waals surface area contributed by atoms with Crippen LogP contribution < -0.4 is 16.0 Å². The van der Waals surface area contributed by atoms with Crippen molar-refractivity contribution in [3.05, 3.63) is 179 Å². The number of carbonyl (C=O) groups is 8. The molecule has 20 heteroatoms. The van der Waals surface area contributed by atoms with Crippen LogP contribution in [0.3, 0.4) is 0 Å². The maximum absolute atomic E-state index is 13.6. The van der Waals surface area contributed by atoms with Crippen molar-refractivity contribution in [3.8, 4) is 33.4 Å². The monoisotopic (exact) mass is 1370 g/mol. The minimum atomic E-state index is -2.04. The lowest BCUT2D eigenvalue weighted by Gasteiger charge is -2.34. The lowest BCUT2D eigenvalue weighted by atomic mass is 9.97. The van der Waals surface area contributed by atoms with Crippen molar-refractivity contribution in [3.63, 3.8) is 0 Å². The standard InChI is InChI=1S/C31H44N2O5Si.C28H36N2O5.C20H21NO4/c1-20(2)17-22(18-28(34)38-39(6,7)8)33(5)30(35)29(21(3)4)32-31(36)37-19-27-25-15-11-9-13-23(25)24-14-10-12-16-26(24)27;1-17(2)14-19(15-25(31)32)30(5)27(33)26(18(3)4)29-28(34)35-16-24-22-12-8-6-10-20(22)21-11-7-9-13-23(21)24;1-12(2)18(19(22)23)21-20(24)25-11-17-15-9-5-3-7-13(15)14-8-4-6-10-16(14)17/h9-16,20-22,27,29H,17-19H2,1-8H3,(H,32,36);6-13,17-19,24,26H,14-16H2,1-5H3,(H,29,34)(H,31,32);3-10,12,17-18H,11H2,1-2H3,(H,21,24)(H,22,23)/t22-,29-;19-,26-;18-/m000/s1. The third kappa shape index (κ3) is 20.4. The van der Waals surface area contributed by atoms with Crippen LogP contribution in [0.4, 0.5) is 14.4 Å². The van der Waals surface area contributed by atoms with Crippen LogP contribution in [0.15, 0.2) is 146 Å². The van der Waals surface area contributed by atoms with Gasteiger partial charge in [-0.2, -0.15) is 0 Å². The number of hydrogen-bond donors (Lipinski definition) is 5. The quantitative estimate of drug-likeness (QED) is 0.0250. The van der Waals surface area contributed by atoms with Gasteiger partial charge in [-0.1, -0.05) is 215 Å². The maximum atomic E-state index is 13.6.